The molecule has 0 aliphatic carbocycles. The highest BCUT2D eigenvalue weighted by Crippen LogP contribution is 2.26. The van der Waals surface area contributed by atoms with Gasteiger partial charge in [-0.25, -0.2) is 9.78 Å². The molecule has 0 saturated carbocycles. The van der Waals surface area contributed by atoms with Gasteiger partial charge in [0.25, 0.3) is 0 Å². The van der Waals surface area contributed by atoms with E-state index in [2.05, 4.69) is 9.97 Å². The van der Waals surface area contributed by atoms with Gasteiger partial charge in [0.05, 0.1) is 12.7 Å². The van der Waals surface area contributed by atoms with E-state index in [4.69, 9.17) is 15.6 Å². The molecule has 1 aliphatic heterocycles. The summed E-state index contributed by atoms with van der Waals surface area (Å²) in [4.78, 5) is 18.6. The highest BCUT2D eigenvalue weighted by molar-refractivity contribution is 5.09. The lowest BCUT2D eigenvalue weighted by molar-refractivity contribution is -0.0250. The van der Waals surface area contributed by atoms with Gasteiger partial charge in [-0.1, -0.05) is 0 Å². The quantitative estimate of drug-likeness (QED) is 0.644. The molecule has 0 bridgehead atoms. The molecular weight excluding hydrogens is 200 g/mol. The largest absolute Gasteiger partial charge is 0.394 e. The molecule has 82 valence electrons. The molecule has 0 unspecified atom stereocenters. The number of nitrogens with zero attached hydrogens (tertiary/aromatic N) is 3. The first-order valence-electron chi connectivity index (χ1n) is 4.67. The second kappa shape index (κ2) is 3.95. The van der Waals surface area contributed by atoms with E-state index in [1.54, 1.807) is 0 Å². The summed E-state index contributed by atoms with van der Waals surface area (Å²) < 4.78 is 6.69. The number of aromatic nitrogens is 3. The first kappa shape index (κ1) is 10.1. The van der Waals surface area contributed by atoms with Crippen LogP contribution in [0.15, 0.2) is 11.1 Å². The van der Waals surface area contributed by atoms with Crippen LogP contribution >= 0.6 is 0 Å². The Morgan fingerprint density at radius 1 is 1.67 bits per heavy atom. The number of nitrogen functional groups attached to an aromatic ring is 1. The summed E-state index contributed by atoms with van der Waals surface area (Å²) in [6.45, 7) is -0.0406. The Morgan fingerprint density at radius 3 is 3.07 bits per heavy atom. The third kappa shape index (κ3) is 1.97. The molecule has 7 heteroatoms. The lowest BCUT2D eigenvalue weighted by Crippen LogP contribution is -2.28. The van der Waals surface area contributed by atoms with Crippen LogP contribution in [-0.4, -0.2) is 32.4 Å². The predicted octanol–water partition coefficient (Wildman–Crippen LogP) is -1.11. The Morgan fingerprint density at radius 2 is 2.47 bits per heavy atom. The summed E-state index contributed by atoms with van der Waals surface area (Å²) in [5, 5.41) is 8.88. The molecular formula is C8H12N4O3. The number of aliphatic hydroxyl groups excluding tert-OH is 1. The summed E-state index contributed by atoms with van der Waals surface area (Å²) in [5.74, 6) is -0.0482. The topological polar surface area (TPSA) is 103 Å². The molecule has 1 fully saturated rings. The Balaban J connectivity index is 2.20. The van der Waals surface area contributed by atoms with Crippen LogP contribution in [-0.2, 0) is 4.74 Å². The van der Waals surface area contributed by atoms with Crippen LogP contribution in [0.5, 0.6) is 0 Å². The molecule has 0 aromatic carbocycles. The van der Waals surface area contributed by atoms with Crippen molar-refractivity contribution in [1.82, 2.24) is 14.5 Å². The lowest BCUT2D eigenvalue weighted by atomic mass is 10.2. The zero-order valence-electron chi connectivity index (χ0n) is 8.04. The Labute approximate surface area is 85.5 Å². The maximum atomic E-state index is 11.4. The molecule has 0 amide bonds. The van der Waals surface area contributed by atoms with Gasteiger partial charge >= 0.3 is 5.69 Å². The molecule has 1 saturated heterocycles. The zero-order valence-corrected chi connectivity index (χ0v) is 8.04. The second-order valence-corrected chi connectivity index (χ2v) is 3.38. The number of rotatable bonds is 2. The van der Waals surface area contributed by atoms with Crippen LogP contribution in [0.1, 0.15) is 19.1 Å². The van der Waals surface area contributed by atoms with Gasteiger partial charge in [0.15, 0.2) is 0 Å². The van der Waals surface area contributed by atoms with E-state index in [1.807, 2.05) is 0 Å². The fourth-order valence-electron chi connectivity index (χ4n) is 1.58. The van der Waals surface area contributed by atoms with Gasteiger partial charge in [0, 0.05) is 0 Å². The summed E-state index contributed by atoms with van der Waals surface area (Å²) in [5.41, 5.74) is 4.78. The monoisotopic (exact) mass is 212 g/mol. The summed E-state index contributed by atoms with van der Waals surface area (Å²) >= 11 is 0. The number of nitrogens with two attached hydrogens (primary N) is 1. The van der Waals surface area contributed by atoms with Crippen molar-refractivity contribution >= 4 is 5.95 Å². The molecule has 1 aliphatic rings. The minimum absolute atomic E-state index is 0.0406. The van der Waals surface area contributed by atoms with Gasteiger partial charge in [-0.05, 0) is 12.8 Å². The molecule has 3 N–H and O–H groups in total. The summed E-state index contributed by atoms with van der Waals surface area (Å²) in [7, 11) is 0. The minimum atomic E-state index is -0.480. The Bertz CT molecular complexity index is 405. The molecule has 2 atom stereocenters. The molecule has 0 spiro atoms. The third-order valence-corrected chi connectivity index (χ3v) is 2.34. The van der Waals surface area contributed by atoms with Crippen LogP contribution in [0, 0.1) is 0 Å². The van der Waals surface area contributed by atoms with E-state index in [0.29, 0.717) is 6.42 Å². The average Bonchev–Trinajstić information content (AvgIpc) is 2.66. The highest BCUT2D eigenvalue weighted by Gasteiger charge is 2.26. The normalized spacial score (nSPS) is 25.7. The van der Waals surface area contributed by atoms with E-state index in [1.165, 1.54) is 10.9 Å². The molecule has 1 aromatic heterocycles. The van der Waals surface area contributed by atoms with Crippen molar-refractivity contribution < 1.29 is 9.84 Å². The first-order valence-corrected chi connectivity index (χ1v) is 4.67. The standard InChI is InChI=1S/C8H12N4O3/c9-7-10-4-12(8(14)11-7)6-2-1-5(3-13)15-6/h4-6,13H,1-3H2,(H2,9,11,14)/t5-,6-/m0/s1. The van der Waals surface area contributed by atoms with Crippen molar-refractivity contribution in [3.8, 4) is 0 Å². The summed E-state index contributed by atoms with van der Waals surface area (Å²) in [6, 6.07) is 0. The van der Waals surface area contributed by atoms with Crippen LogP contribution in [0.2, 0.25) is 0 Å². The van der Waals surface area contributed by atoms with Crippen molar-refractivity contribution in [2.24, 2.45) is 0 Å². The van der Waals surface area contributed by atoms with E-state index in [-0.39, 0.29) is 18.7 Å². The first-order chi connectivity index (χ1) is 7.20. The van der Waals surface area contributed by atoms with Gasteiger partial charge in [-0.15, -0.1) is 0 Å². The van der Waals surface area contributed by atoms with E-state index >= 15 is 0 Å². The molecule has 2 heterocycles. The van der Waals surface area contributed by atoms with E-state index in [9.17, 15) is 4.79 Å². The van der Waals surface area contributed by atoms with Crippen LogP contribution in [0.4, 0.5) is 5.95 Å². The van der Waals surface area contributed by atoms with Crippen molar-refractivity contribution in [1.29, 1.82) is 0 Å². The smallest absolute Gasteiger partial charge is 0.354 e. The number of hydrogen-bond donors (Lipinski definition) is 2. The highest BCUT2D eigenvalue weighted by atomic mass is 16.5. The Kier molecular flexibility index (Phi) is 2.65. The van der Waals surface area contributed by atoms with E-state index in [0.717, 1.165) is 6.42 Å². The molecule has 0 radical (unpaired) electrons. The van der Waals surface area contributed by atoms with Crippen LogP contribution < -0.4 is 11.4 Å². The number of aliphatic hydroxyl groups is 1. The van der Waals surface area contributed by atoms with Crippen molar-refractivity contribution in [3.63, 3.8) is 0 Å². The molecule has 15 heavy (non-hydrogen) atoms. The maximum Gasteiger partial charge on any atom is 0.354 e. The zero-order chi connectivity index (χ0) is 10.8. The predicted molar refractivity (Wildman–Crippen MR) is 50.9 cm³/mol. The number of anilines is 1. The minimum Gasteiger partial charge on any atom is -0.394 e. The lowest BCUT2D eigenvalue weighted by Gasteiger charge is -2.13. The SMILES string of the molecule is Nc1ncn([C@@H]2CC[C@@H](CO)O2)c(=O)n1. The van der Waals surface area contributed by atoms with Gasteiger partial charge in [0.1, 0.15) is 12.6 Å². The van der Waals surface area contributed by atoms with Gasteiger partial charge in [-0.3, -0.25) is 4.57 Å². The molecule has 7 nitrogen and oxygen atoms in total. The molecule has 1 aromatic rings. The Hall–Kier alpha value is -1.47. The van der Waals surface area contributed by atoms with Crippen molar-refractivity contribution in [3.05, 3.63) is 16.8 Å². The van der Waals surface area contributed by atoms with Gasteiger partial charge < -0.3 is 15.6 Å². The molecule has 2 rings (SSSR count). The summed E-state index contributed by atoms with van der Waals surface area (Å²) in [6.07, 6.45) is 2.10. The number of ether oxygens (including phenoxy) is 1. The third-order valence-electron chi connectivity index (χ3n) is 2.34. The number of hydrogen-bond acceptors (Lipinski definition) is 6. The second-order valence-electron chi connectivity index (χ2n) is 3.38. The maximum absolute atomic E-state index is 11.4. The van der Waals surface area contributed by atoms with E-state index < -0.39 is 11.9 Å². The van der Waals surface area contributed by atoms with Crippen molar-refractivity contribution in [2.45, 2.75) is 25.2 Å². The fourth-order valence-corrected chi connectivity index (χ4v) is 1.58. The van der Waals surface area contributed by atoms with Crippen LogP contribution in [0.3, 0.4) is 0 Å². The fraction of sp³-hybridized carbons (Fsp3) is 0.625. The van der Waals surface area contributed by atoms with Gasteiger partial charge in [0.2, 0.25) is 5.95 Å². The average molecular weight is 212 g/mol. The van der Waals surface area contributed by atoms with Crippen molar-refractivity contribution in [2.75, 3.05) is 12.3 Å². The van der Waals surface area contributed by atoms with Crippen LogP contribution in [0.25, 0.3) is 0 Å². The van der Waals surface area contributed by atoms with Gasteiger partial charge in [-0.2, -0.15) is 4.98 Å².